The molecular weight excluding hydrogens is 1350 g/mol. The van der Waals surface area contributed by atoms with E-state index in [2.05, 4.69) is 88.5 Å². The summed E-state index contributed by atoms with van der Waals surface area (Å²) in [5.41, 5.74) is 0. The van der Waals surface area contributed by atoms with Crippen LogP contribution in [0.2, 0.25) is 0 Å². The van der Waals surface area contributed by atoms with E-state index in [1.807, 2.05) is 12.2 Å². The molecule has 0 aromatic heterocycles. The van der Waals surface area contributed by atoms with E-state index in [9.17, 15) is 43.2 Å². The van der Waals surface area contributed by atoms with Crippen molar-refractivity contribution in [2.24, 2.45) is 0 Å². The van der Waals surface area contributed by atoms with Crippen molar-refractivity contribution in [3.63, 3.8) is 0 Å². The number of hydrogen-bond donors (Lipinski definition) is 3. The zero-order valence-corrected chi connectivity index (χ0v) is 68.2. The Morgan fingerprint density at radius 2 is 0.481 bits per heavy atom. The number of rotatable bonds is 80. The molecule has 0 rings (SSSR count). The number of carbonyl (C=O) groups is 4. The Morgan fingerprint density at radius 1 is 0.269 bits per heavy atom. The minimum Gasteiger partial charge on any atom is -0.462 e. The maximum atomic E-state index is 13.1. The first-order valence-electron chi connectivity index (χ1n) is 42.2. The van der Waals surface area contributed by atoms with E-state index in [4.69, 9.17) is 37.0 Å². The predicted octanol–water partition coefficient (Wildman–Crippen LogP) is 24.8. The molecule has 19 heteroatoms. The summed E-state index contributed by atoms with van der Waals surface area (Å²) in [6, 6.07) is 0. The standard InChI is InChI=1S/C85H154O17P2/c1-5-9-13-17-21-25-29-33-37-39-43-46-50-54-58-62-66-70-83(88)96-76-80(101-84(89)71-67-63-59-55-51-47-42-36-32-28-24-20-16-12-8-4)77-99-103(91,92)97-73-79(86)74-98-104(93,94)100-78-81(75-95-82(87)69-65-61-57-53-49-45-41-35-31-27-23-19-15-11-7-3)102-85(90)72-68-64-60-56-52-48-44-40-38-34-30-26-22-18-14-10-6-2/h22,26,34-36,38,41-42,44,48,56,60,79-81,86H,5-21,23-25,27-33,37,39-40,43,45-47,49-55,57-59,61-78H2,1-4H3,(H,91,92)(H,93,94)/b26-22-,38-34-,41-35-,42-36-,48-44-,60-56-/t79-,80-,81-/m1/s1. The number of hydrogen-bond acceptors (Lipinski definition) is 15. The molecule has 0 aliphatic carbocycles. The molecule has 104 heavy (non-hydrogen) atoms. The van der Waals surface area contributed by atoms with Crippen molar-refractivity contribution in [3.8, 4) is 0 Å². The molecule has 0 amide bonds. The van der Waals surface area contributed by atoms with E-state index in [0.29, 0.717) is 32.1 Å². The lowest BCUT2D eigenvalue weighted by Gasteiger charge is -2.21. The number of allylic oxidation sites excluding steroid dienone is 12. The Labute approximate surface area is 634 Å². The van der Waals surface area contributed by atoms with Crippen LogP contribution in [0.4, 0.5) is 0 Å². The van der Waals surface area contributed by atoms with Crippen molar-refractivity contribution >= 4 is 39.5 Å². The number of phosphoric ester groups is 2. The van der Waals surface area contributed by atoms with Crippen molar-refractivity contribution in [1.29, 1.82) is 0 Å². The minimum absolute atomic E-state index is 0.0202. The third-order valence-electron chi connectivity index (χ3n) is 18.1. The second kappa shape index (κ2) is 77.7. The fourth-order valence-corrected chi connectivity index (χ4v) is 13.3. The lowest BCUT2D eigenvalue weighted by Crippen LogP contribution is -2.30. The maximum absolute atomic E-state index is 13.1. The number of carbonyl (C=O) groups excluding carboxylic acids is 4. The van der Waals surface area contributed by atoms with Crippen LogP contribution in [0.25, 0.3) is 0 Å². The van der Waals surface area contributed by atoms with Crippen LogP contribution in [-0.4, -0.2) is 96.7 Å². The Bertz CT molecular complexity index is 2250. The molecule has 606 valence electrons. The van der Waals surface area contributed by atoms with Gasteiger partial charge in [-0.1, -0.05) is 319 Å². The van der Waals surface area contributed by atoms with Crippen LogP contribution in [0.5, 0.6) is 0 Å². The van der Waals surface area contributed by atoms with Crippen LogP contribution in [-0.2, 0) is 65.4 Å². The highest BCUT2D eigenvalue weighted by Gasteiger charge is 2.30. The smallest absolute Gasteiger partial charge is 0.462 e. The molecule has 0 aliphatic heterocycles. The Morgan fingerprint density at radius 3 is 0.788 bits per heavy atom. The average Bonchev–Trinajstić information content (AvgIpc) is 1.07. The summed E-state index contributed by atoms with van der Waals surface area (Å²) in [5, 5.41) is 10.7. The molecule has 0 saturated carbocycles. The summed E-state index contributed by atoms with van der Waals surface area (Å²) in [6.45, 7) is 4.84. The average molecular weight is 1510 g/mol. The third kappa shape index (κ3) is 76.7. The molecule has 0 fully saturated rings. The van der Waals surface area contributed by atoms with Gasteiger partial charge in [-0.15, -0.1) is 0 Å². The maximum Gasteiger partial charge on any atom is 0.472 e. The van der Waals surface area contributed by atoms with E-state index < -0.39 is 97.5 Å². The molecule has 0 aromatic rings. The summed E-state index contributed by atoms with van der Waals surface area (Å²) >= 11 is 0. The molecule has 2 unspecified atom stereocenters. The molecule has 5 atom stereocenters. The fourth-order valence-electron chi connectivity index (χ4n) is 11.7. The lowest BCUT2D eigenvalue weighted by atomic mass is 10.0. The highest BCUT2D eigenvalue weighted by molar-refractivity contribution is 7.47. The topological polar surface area (TPSA) is 237 Å². The number of unbranched alkanes of at least 4 members (excludes halogenated alkanes) is 42. The number of ether oxygens (including phenoxy) is 4. The molecule has 0 spiro atoms. The van der Waals surface area contributed by atoms with Crippen LogP contribution in [0.1, 0.15) is 387 Å². The van der Waals surface area contributed by atoms with Gasteiger partial charge in [-0.25, -0.2) is 9.13 Å². The van der Waals surface area contributed by atoms with Gasteiger partial charge in [0.05, 0.1) is 26.4 Å². The highest BCUT2D eigenvalue weighted by atomic mass is 31.2. The van der Waals surface area contributed by atoms with E-state index in [-0.39, 0.29) is 25.7 Å². The second-order valence-electron chi connectivity index (χ2n) is 28.4. The highest BCUT2D eigenvalue weighted by Crippen LogP contribution is 2.45. The summed E-state index contributed by atoms with van der Waals surface area (Å²) < 4.78 is 68.7. The van der Waals surface area contributed by atoms with Crippen LogP contribution < -0.4 is 0 Å². The quantitative estimate of drug-likeness (QED) is 0.0169. The lowest BCUT2D eigenvalue weighted by molar-refractivity contribution is -0.161. The van der Waals surface area contributed by atoms with Crippen LogP contribution >= 0.6 is 15.6 Å². The SMILES string of the molecule is CCCCC/C=C\C/C=C\C/C=C\C/C=C\CCCC(=O)O[C@H](COC(=O)CCCCCCC/C=C\CCCCCCCC)COP(=O)(O)OC[C@H](O)COP(=O)(O)OC[C@@H](COC(=O)CCCCCCCCCCCCCCCCCCC)OC(=O)CCCCCCC/C=C\CCCCCCCC. The van der Waals surface area contributed by atoms with Gasteiger partial charge in [0.2, 0.25) is 0 Å². The van der Waals surface area contributed by atoms with Crippen molar-refractivity contribution in [2.45, 2.75) is 406 Å². The molecule has 17 nitrogen and oxygen atoms in total. The first-order chi connectivity index (χ1) is 50.7. The molecule has 0 aliphatic rings. The summed E-state index contributed by atoms with van der Waals surface area (Å²) in [4.78, 5) is 73.1. The van der Waals surface area contributed by atoms with Gasteiger partial charge in [-0.2, -0.15) is 0 Å². The van der Waals surface area contributed by atoms with Crippen LogP contribution in [0.15, 0.2) is 72.9 Å². The predicted molar refractivity (Wildman–Crippen MR) is 427 cm³/mol. The van der Waals surface area contributed by atoms with E-state index in [0.717, 1.165) is 122 Å². The van der Waals surface area contributed by atoms with E-state index in [1.165, 1.54) is 180 Å². The van der Waals surface area contributed by atoms with E-state index in [1.54, 1.807) is 0 Å². The van der Waals surface area contributed by atoms with Gasteiger partial charge in [-0.3, -0.25) is 37.3 Å². The largest absolute Gasteiger partial charge is 0.472 e. The van der Waals surface area contributed by atoms with Gasteiger partial charge < -0.3 is 33.8 Å². The van der Waals surface area contributed by atoms with Crippen molar-refractivity contribution in [3.05, 3.63) is 72.9 Å². The van der Waals surface area contributed by atoms with Gasteiger partial charge in [0.15, 0.2) is 12.2 Å². The van der Waals surface area contributed by atoms with Crippen molar-refractivity contribution in [1.82, 2.24) is 0 Å². The Balaban J connectivity index is 5.39. The van der Waals surface area contributed by atoms with Crippen molar-refractivity contribution in [2.75, 3.05) is 39.6 Å². The number of aliphatic hydroxyl groups excluding tert-OH is 1. The second-order valence-corrected chi connectivity index (χ2v) is 31.3. The monoisotopic (exact) mass is 1510 g/mol. The number of esters is 4. The van der Waals surface area contributed by atoms with Crippen LogP contribution in [0.3, 0.4) is 0 Å². The van der Waals surface area contributed by atoms with Gasteiger partial charge >= 0.3 is 39.5 Å². The molecule has 0 aromatic carbocycles. The molecular formula is C85H154O17P2. The first-order valence-corrected chi connectivity index (χ1v) is 45.2. The first kappa shape index (κ1) is 100. The normalized spacial score (nSPS) is 14.2. The molecule has 0 heterocycles. The van der Waals surface area contributed by atoms with Gasteiger partial charge in [0.1, 0.15) is 19.3 Å². The third-order valence-corrected chi connectivity index (χ3v) is 20.0. The van der Waals surface area contributed by atoms with Crippen molar-refractivity contribution < 1.29 is 80.2 Å². The Hall–Kier alpha value is -3.50. The number of aliphatic hydroxyl groups is 1. The van der Waals surface area contributed by atoms with Crippen LogP contribution in [0, 0.1) is 0 Å². The molecule has 0 saturated heterocycles. The molecule has 3 N–H and O–H groups in total. The fraction of sp³-hybridized carbons (Fsp3) is 0.812. The number of phosphoric acid groups is 2. The molecule has 0 bridgehead atoms. The van der Waals surface area contributed by atoms with E-state index >= 15 is 0 Å². The zero-order chi connectivity index (χ0) is 76.0. The van der Waals surface area contributed by atoms with Gasteiger partial charge in [0, 0.05) is 25.7 Å². The minimum atomic E-state index is -4.99. The zero-order valence-electron chi connectivity index (χ0n) is 66.5. The summed E-state index contributed by atoms with van der Waals surface area (Å²) in [6.07, 6.45) is 80.2. The van der Waals surface area contributed by atoms with Gasteiger partial charge in [-0.05, 0) is 116 Å². The summed E-state index contributed by atoms with van der Waals surface area (Å²) in [5.74, 6) is -2.23. The summed E-state index contributed by atoms with van der Waals surface area (Å²) in [7, 11) is -9.97. The van der Waals surface area contributed by atoms with Gasteiger partial charge in [0.25, 0.3) is 0 Å². The molecule has 0 radical (unpaired) electrons. The Kier molecular flexibility index (Phi) is 75.0.